The van der Waals surface area contributed by atoms with E-state index in [2.05, 4.69) is 4.98 Å². The predicted molar refractivity (Wildman–Crippen MR) is 96.6 cm³/mol. The molecule has 0 aliphatic carbocycles. The van der Waals surface area contributed by atoms with Crippen LogP contribution in [0.5, 0.6) is 5.75 Å². The fraction of sp³-hybridized carbons (Fsp3) is 0.150. The number of benzene rings is 2. The number of nitrogens with two attached hydrogens (primary N) is 1. The fourth-order valence-electron chi connectivity index (χ4n) is 2.78. The Bertz CT molecular complexity index is 864. The summed E-state index contributed by atoms with van der Waals surface area (Å²) in [5.41, 5.74) is 12.3. The molecule has 1 aromatic heterocycles. The number of aliphatic hydroxyl groups excluding tert-OH is 1. The van der Waals surface area contributed by atoms with Gasteiger partial charge in [-0.1, -0.05) is 24.3 Å². The molecule has 0 aliphatic heterocycles. The molecule has 0 unspecified atom stereocenters. The molecule has 1 heterocycles. The van der Waals surface area contributed by atoms with E-state index in [0.29, 0.717) is 11.6 Å². The van der Waals surface area contributed by atoms with E-state index in [-0.39, 0.29) is 6.61 Å². The van der Waals surface area contributed by atoms with Crippen LogP contribution in [0.3, 0.4) is 0 Å². The van der Waals surface area contributed by atoms with Crippen molar-refractivity contribution < 1.29 is 10.2 Å². The highest BCUT2D eigenvalue weighted by molar-refractivity contribution is 5.79. The van der Waals surface area contributed by atoms with Crippen molar-refractivity contribution in [3.63, 3.8) is 0 Å². The lowest BCUT2D eigenvalue weighted by molar-refractivity contribution is 0.282. The lowest BCUT2D eigenvalue weighted by Crippen LogP contribution is -1.96. The largest absolute Gasteiger partial charge is 0.507 e. The van der Waals surface area contributed by atoms with Crippen molar-refractivity contribution in [1.82, 2.24) is 4.98 Å². The van der Waals surface area contributed by atoms with Crippen molar-refractivity contribution in [2.24, 2.45) is 0 Å². The zero-order chi connectivity index (χ0) is 17.3. The zero-order valence-corrected chi connectivity index (χ0v) is 13.7. The maximum Gasteiger partial charge on any atom is 0.131 e. The molecule has 0 amide bonds. The molecule has 4 nitrogen and oxygen atoms in total. The molecule has 24 heavy (non-hydrogen) atoms. The minimum absolute atomic E-state index is 0.0140. The average Bonchev–Trinajstić information content (AvgIpc) is 2.60. The Morgan fingerprint density at radius 3 is 2.12 bits per heavy atom. The molecule has 2 aromatic carbocycles. The Hall–Kier alpha value is -2.85. The normalized spacial score (nSPS) is 10.8. The second-order valence-electron chi connectivity index (χ2n) is 5.97. The number of rotatable bonds is 3. The van der Waals surface area contributed by atoms with Gasteiger partial charge in [-0.15, -0.1) is 0 Å². The summed E-state index contributed by atoms with van der Waals surface area (Å²) in [6, 6.07) is 13.5. The van der Waals surface area contributed by atoms with E-state index in [9.17, 15) is 5.11 Å². The molecule has 0 atom stereocenters. The molecule has 0 fully saturated rings. The molecule has 0 radical (unpaired) electrons. The van der Waals surface area contributed by atoms with Gasteiger partial charge in [-0.3, -0.25) is 0 Å². The SMILES string of the molecule is Cc1cc(-c2cnc(N)c(-c3ccc(CO)cc3)c2)cc(C)c1O. The van der Waals surface area contributed by atoms with Gasteiger partial charge >= 0.3 is 0 Å². The number of nitrogen functional groups attached to an aromatic ring is 1. The number of hydrogen-bond donors (Lipinski definition) is 3. The molecule has 0 saturated carbocycles. The van der Waals surface area contributed by atoms with Crippen LogP contribution in [0.2, 0.25) is 0 Å². The van der Waals surface area contributed by atoms with Crippen LogP contribution in [0.4, 0.5) is 5.82 Å². The number of aliphatic hydroxyl groups is 1. The van der Waals surface area contributed by atoms with Gasteiger partial charge in [0.15, 0.2) is 0 Å². The first-order valence-corrected chi connectivity index (χ1v) is 7.76. The smallest absolute Gasteiger partial charge is 0.131 e. The second kappa shape index (κ2) is 6.34. The number of aromatic nitrogens is 1. The van der Waals surface area contributed by atoms with Gasteiger partial charge in [-0.05, 0) is 59.9 Å². The molecule has 4 heteroatoms. The van der Waals surface area contributed by atoms with Crippen molar-refractivity contribution in [3.8, 4) is 28.0 Å². The third-order valence-corrected chi connectivity index (χ3v) is 4.19. The maximum absolute atomic E-state index is 9.95. The van der Waals surface area contributed by atoms with Crippen LogP contribution in [-0.2, 0) is 6.61 Å². The van der Waals surface area contributed by atoms with Gasteiger partial charge in [0.05, 0.1) is 6.61 Å². The van der Waals surface area contributed by atoms with Crippen LogP contribution >= 0.6 is 0 Å². The van der Waals surface area contributed by atoms with Crippen LogP contribution < -0.4 is 5.73 Å². The van der Waals surface area contributed by atoms with Crippen LogP contribution in [0.15, 0.2) is 48.7 Å². The summed E-state index contributed by atoms with van der Waals surface area (Å²) < 4.78 is 0. The van der Waals surface area contributed by atoms with Gasteiger partial charge in [-0.25, -0.2) is 4.98 Å². The highest BCUT2D eigenvalue weighted by Gasteiger charge is 2.10. The van der Waals surface area contributed by atoms with Gasteiger partial charge in [0.2, 0.25) is 0 Å². The minimum atomic E-state index is 0.0140. The maximum atomic E-state index is 9.95. The first-order chi connectivity index (χ1) is 11.5. The molecule has 3 rings (SSSR count). The summed E-state index contributed by atoms with van der Waals surface area (Å²) in [6.07, 6.45) is 1.74. The molecule has 0 spiro atoms. The third-order valence-electron chi connectivity index (χ3n) is 4.19. The summed E-state index contributed by atoms with van der Waals surface area (Å²) in [6.45, 7) is 3.77. The summed E-state index contributed by atoms with van der Waals surface area (Å²) in [5.74, 6) is 0.782. The molecule has 4 N–H and O–H groups in total. The van der Waals surface area contributed by atoms with Crippen LogP contribution in [0.25, 0.3) is 22.3 Å². The second-order valence-corrected chi connectivity index (χ2v) is 5.97. The number of phenolic OH excluding ortho intramolecular Hbond substituents is 1. The summed E-state index contributed by atoms with van der Waals surface area (Å²) in [4.78, 5) is 4.32. The Kier molecular flexibility index (Phi) is 4.23. The fourth-order valence-corrected chi connectivity index (χ4v) is 2.78. The standard InChI is InChI=1S/C20H20N2O2/c1-12-7-16(8-13(2)19(12)24)17-9-18(20(21)22-10-17)15-5-3-14(11-23)4-6-15/h3-10,23-24H,11H2,1-2H3,(H2,21,22). The quantitative estimate of drug-likeness (QED) is 0.685. The van der Waals surface area contributed by atoms with Crippen molar-refractivity contribution in [3.05, 3.63) is 65.4 Å². The van der Waals surface area contributed by atoms with E-state index in [4.69, 9.17) is 10.8 Å². The van der Waals surface area contributed by atoms with Crippen molar-refractivity contribution >= 4 is 5.82 Å². The average molecular weight is 320 g/mol. The monoisotopic (exact) mass is 320 g/mol. The Labute approximate surface area is 141 Å². The van der Waals surface area contributed by atoms with Crippen molar-refractivity contribution in [2.75, 3.05) is 5.73 Å². The topological polar surface area (TPSA) is 79.4 Å². The molecule has 0 bridgehead atoms. The molecular weight excluding hydrogens is 300 g/mol. The van der Waals surface area contributed by atoms with Gasteiger partial charge in [0.25, 0.3) is 0 Å². The predicted octanol–water partition coefficient (Wildman–Crippen LogP) is 3.81. The number of aryl methyl sites for hydroxylation is 2. The summed E-state index contributed by atoms with van der Waals surface area (Å²) in [7, 11) is 0. The van der Waals surface area contributed by atoms with E-state index < -0.39 is 0 Å². The molecule has 3 aromatic rings. The lowest BCUT2D eigenvalue weighted by atomic mass is 9.97. The highest BCUT2D eigenvalue weighted by Crippen LogP contribution is 2.33. The van der Waals surface area contributed by atoms with E-state index >= 15 is 0 Å². The van der Waals surface area contributed by atoms with Gasteiger partial charge < -0.3 is 15.9 Å². The van der Waals surface area contributed by atoms with Crippen molar-refractivity contribution in [1.29, 1.82) is 0 Å². The number of hydrogen-bond acceptors (Lipinski definition) is 4. The number of anilines is 1. The van der Waals surface area contributed by atoms with Gasteiger partial charge in [0, 0.05) is 17.3 Å². The lowest BCUT2D eigenvalue weighted by Gasteiger charge is -2.11. The number of phenols is 1. The summed E-state index contributed by atoms with van der Waals surface area (Å²) >= 11 is 0. The highest BCUT2D eigenvalue weighted by atomic mass is 16.3. The van der Waals surface area contributed by atoms with Gasteiger partial charge in [0.1, 0.15) is 11.6 Å². The third kappa shape index (κ3) is 2.96. The Balaban J connectivity index is 2.08. The number of pyridine rings is 1. The first-order valence-electron chi connectivity index (χ1n) is 7.76. The molecule has 0 aliphatic rings. The Morgan fingerprint density at radius 1 is 0.917 bits per heavy atom. The van der Waals surface area contributed by atoms with Crippen LogP contribution in [0.1, 0.15) is 16.7 Å². The van der Waals surface area contributed by atoms with E-state index in [1.165, 1.54) is 0 Å². The summed E-state index contributed by atoms with van der Waals surface area (Å²) in [5, 5.41) is 19.1. The van der Waals surface area contributed by atoms with Gasteiger partial charge in [-0.2, -0.15) is 0 Å². The molecule has 0 saturated heterocycles. The first kappa shape index (κ1) is 16.0. The zero-order valence-electron chi connectivity index (χ0n) is 13.7. The number of aromatic hydroxyl groups is 1. The Morgan fingerprint density at radius 2 is 1.54 bits per heavy atom. The van der Waals surface area contributed by atoms with Crippen molar-refractivity contribution in [2.45, 2.75) is 20.5 Å². The van der Waals surface area contributed by atoms with E-state index in [1.807, 2.05) is 56.3 Å². The van der Waals surface area contributed by atoms with E-state index in [0.717, 1.165) is 38.9 Å². The van der Waals surface area contributed by atoms with Crippen LogP contribution in [-0.4, -0.2) is 15.2 Å². The number of nitrogens with zero attached hydrogens (tertiary/aromatic N) is 1. The molecule has 122 valence electrons. The molecular formula is C20H20N2O2. The van der Waals surface area contributed by atoms with Crippen LogP contribution in [0, 0.1) is 13.8 Å². The minimum Gasteiger partial charge on any atom is -0.507 e. The van der Waals surface area contributed by atoms with E-state index in [1.54, 1.807) is 6.20 Å².